The average Bonchev–Trinajstić information content (AvgIpc) is 2.58. The van der Waals surface area contributed by atoms with Gasteiger partial charge in [-0.25, -0.2) is 0 Å². The first-order chi connectivity index (χ1) is 5.47. The summed E-state index contributed by atoms with van der Waals surface area (Å²) in [7, 11) is 0. The van der Waals surface area contributed by atoms with Crippen molar-refractivity contribution in [1.82, 2.24) is 10.3 Å². The zero-order chi connectivity index (χ0) is 7.52. The van der Waals surface area contributed by atoms with Crippen LogP contribution in [0.2, 0.25) is 0 Å². The molecule has 1 aromatic rings. The minimum Gasteiger partial charge on any atom is -0.316 e. The van der Waals surface area contributed by atoms with Crippen molar-refractivity contribution in [3.8, 4) is 0 Å². The largest absolute Gasteiger partial charge is 0.316 e. The molecule has 2 heteroatoms. The van der Waals surface area contributed by atoms with Gasteiger partial charge in [-0.15, -0.1) is 0 Å². The molecule has 0 spiro atoms. The van der Waals surface area contributed by atoms with E-state index >= 15 is 0 Å². The molecule has 1 N–H and O–H groups in total. The van der Waals surface area contributed by atoms with Crippen LogP contribution in [0.4, 0.5) is 0 Å². The zero-order valence-electron chi connectivity index (χ0n) is 6.38. The lowest BCUT2D eigenvalue weighted by Gasteiger charge is -2.04. The highest BCUT2D eigenvalue weighted by atomic mass is 14.9. The van der Waals surface area contributed by atoms with E-state index in [-0.39, 0.29) is 0 Å². The van der Waals surface area contributed by atoms with Crippen molar-refractivity contribution < 1.29 is 0 Å². The molecule has 0 saturated carbocycles. The van der Waals surface area contributed by atoms with Crippen LogP contribution >= 0.6 is 0 Å². The van der Waals surface area contributed by atoms with Crippen molar-refractivity contribution in [1.29, 1.82) is 0 Å². The molecule has 1 radical (unpaired) electrons. The molecule has 11 heavy (non-hydrogen) atoms. The van der Waals surface area contributed by atoms with Gasteiger partial charge < -0.3 is 5.32 Å². The molecular weight excluding hydrogens is 136 g/mol. The molecule has 2 heterocycles. The van der Waals surface area contributed by atoms with Gasteiger partial charge in [0.15, 0.2) is 0 Å². The van der Waals surface area contributed by atoms with Crippen LogP contribution in [0.5, 0.6) is 0 Å². The van der Waals surface area contributed by atoms with Crippen LogP contribution in [0.1, 0.15) is 18.0 Å². The van der Waals surface area contributed by atoms with Gasteiger partial charge in [-0.1, -0.05) is 6.07 Å². The third-order valence-corrected chi connectivity index (χ3v) is 2.11. The third kappa shape index (κ3) is 1.40. The van der Waals surface area contributed by atoms with Crippen LogP contribution < -0.4 is 5.32 Å². The monoisotopic (exact) mass is 147 g/mol. The third-order valence-electron chi connectivity index (χ3n) is 2.11. The molecule has 0 amide bonds. The Morgan fingerprint density at radius 3 is 3.27 bits per heavy atom. The number of nitrogens with zero attached hydrogens (tertiary/aromatic N) is 1. The summed E-state index contributed by atoms with van der Waals surface area (Å²) in [6.45, 7) is 2.20. The Kier molecular flexibility index (Phi) is 1.86. The van der Waals surface area contributed by atoms with Crippen LogP contribution in [-0.2, 0) is 0 Å². The lowest BCUT2D eigenvalue weighted by atomic mass is 10.0. The van der Waals surface area contributed by atoms with Gasteiger partial charge in [0.1, 0.15) is 0 Å². The number of hydrogen-bond donors (Lipinski definition) is 1. The zero-order valence-corrected chi connectivity index (χ0v) is 6.38. The average molecular weight is 147 g/mol. The van der Waals surface area contributed by atoms with Crippen molar-refractivity contribution in [2.24, 2.45) is 0 Å². The Bertz CT molecular complexity index is 214. The summed E-state index contributed by atoms with van der Waals surface area (Å²) in [5, 5.41) is 3.32. The summed E-state index contributed by atoms with van der Waals surface area (Å²) < 4.78 is 0. The molecule has 2 nitrogen and oxygen atoms in total. The summed E-state index contributed by atoms with van der Waals surface area (Å²) >= 11 is 0. The van der Waals surface area contributed by atoms with Gasteiger partial charge in [-0.3, -0.25) is 4.98 Å². The van der Waals surface area contributed by atoms with Crippen LogP contribution in [0, 0.1) is 6.20 Å². The van der Waals surface area contributed by atoms with E-state index in [2.05, 4.69) is 22.6 Å². The van der Waals surface area contributed by atoms with E-state index in [1.165, 1.54) is 12.1 Å². The molecule has 2 rings (SSSR count). The highest BCUT2D eigenvalue weighted by molar-refractivity contribution is 5.10. The minimum atomic E-state index is 0.618. The van der Waals surface area contributed by atoms with E-state index in [1.807, 2.05) is 12.1 Å². The summed E-state index contributed by atoms with van der Waals surface area (Å²) in [5.41, 5.74) is 1.18. The standard InChI is InChI=1S/C9H11N2/c1-2-5-11-9(3-1)8-4-6-10-7-8/h1-3,8,10H,4,6-7H2. The lowest BCUT2D eigenvalue weighted by molar-refractivity contribution is 0.734. The summed E-state index contributed by atoms with van der Waals surface area (Å²) in [4.78, 5) is 4.20. The SMILES string of the molecule is [c]1cccc(C2CCNC2)n1. The van der Waals surface area contributed by atoms with Crippen LogP contribution in [0.25, 0.3) is 0 Å². The first-order valence-electron chi connectivity index (χ1n) is 4.00. The van der Waals surface area contributed by atoms with E-state index < -0.39 is 0 Å². The Morgan fingerprint density at radius 1 is 1.64 bits per heavy atom. The van der Waals surface area contributed by atoms with E-state index in [1.54, 1.807) is 0 Å². The second kappa shape index (κ2) is 3.01. The van der Waals surface area contributed by atoms with Crippen molar-refractivity contribution in [2.75, 3.05) is 13.1 Å². The Labute approximate surface area is 66.7 Å². The number of rotatable bonds is 1. The van der Waals surface area contributed by atoms with E-state index in [0.717, 1.165) is 13.1 Å². The fraction of sp³-hybridized carbons (Fsp3) is 0.444. The van der Waals surface area contributed by atoms with Gasteiger partial charge in [0, 0.05) is 18.2 Å². The van der Waals surface area contributed by atoms with Crippen LogP contribution in [-0.4, -0.2) is 18.1 Å². The smallest absolute Gasteiger partial charge is 0.0889 e. The predicted octanol–water partition coefficient (Wildman–Crippen LogP) is 0.959. The van der Waals surface area contributed by atoms with Gasteiger partial charge in [-0.2, -0.15) is 0 Å². The maximum Gasteiger partial charge on any atom is 0.0889 e. The van der Waals surface area contributed by atoms with E-state index in [4.69, 9.17) is 0 Å². The van der Waals surface area contributed by atoms with Crippen molar-refractivity contribution in [2.45, 2.75) is 12.3 Å². The van der Waals surface area contributed by atoms with Crippen molar-refractivity contribution in [3.05, 3.63) is 30.1 Å². The van der Waals surface area contributed by atoms with Gasteiger partial charge >= 0.3 is 0 Å². The number of nitrogens with one attached hydrogen (secondary N) is 1. The molecule has 0 bridgehead atoms. The van der Waals surface area contributed by atoms with Crippen molar-refractivity contribution >= 4 is 0 Å². The first kappa shape index (κ1) is 6.80. The lowest BCUT2D eigenvalue weighted by Crippen LogP contribution is -2.08. The highest BCUT2D eigenvalue weighted by Crippen LogP contribution is 2.18. The molecule has 1 saturated heterocycles. The van der Waals surface area contributed by atoms with Crippen LogP contribution in [0.3, 0.4) is 0 Å². The Hall–Kier alpha value is -0.890. The predicted molar refractivity (Wildman–Crippen MR) is 43.3 cm³/mol. The fourth-order valence-corrected chi connectivity index (χ4v) is 1.47. The highest BCUT2D eigenvalue weighted by Gasteiger charge is 2.16. The van der Waals surface area contributed by atoms with E-state index in [9.17, 15) is 0 Å². The second-order valence-electron chi connectivity index (χ2n) is 2.88. The fourth-order valence-electron chi connectivity index (χ4n) is 1.47. The molecular formula is C9H11N2. The number of hydrogen-bond acceptors (Lipinski definition) is 2. The van der Waals surface area contributed by atoms with Crippen molar-refractivity contribution in [3.63, 3.8) is 0 Å². The minimum absolute atomic E-state index is 0.618. The molecule has 0 aromatic carbocycles. The maximum absolute atomic E-state index is 4.20. The van der Waals surface area contributed by atoms with Gasteiger partial charge in [0.05, 0.1) is 6.20 Å². The molecule has 1 unspecified atom stereocenters. The second-order valence-corrected chi connectivity index (χ2v) is 2.88. The first-order valence-corrected chi connectivity index (χ1v) is 4.00. The molecule has 1 fully saturated rings. The summed E-state index contributed by atoms with van der Waals surface area (Å²) in [6.07, 6.45) is 4.07. The van der Waals surface area contributed by atoms with Crippen LogP contribution in [0.15, 0.2) is 18.2 Å². The molecule has 0 aliphatic carbocycles. The number of aromatic nitrogens is 1. The summed E-state index contributed by atoms with van der Waals surface area (Å²) in [5.74, 6) is 0.618. The molecule has 57 valence electrons. The normalized spacial score (nSPS) is 23.8. The molecule has 1 aromatic heterocycles. The van der Waals surface area contributed by atoms with Gasteiger partial charge in [-0.05, 0) is 25.1 Å². The molecule has 1 aliphatic rings. The maximum atomic E-state index is 4.20. The quantitative estimate of drug-likeness (QED) is 0.640. The Morgan fingerprint density at radius 2 is 2.64 bits per heavy atom. The molecule has 1 atom stereocenters. The molecule has 1 aliphatic heterocycles. The number of pyridine rings is 1. The van der Waals surface area contributed by atoms with Gasteiger partial charge in [0.2, 0.25) is 0 Å². The Balaban J connectivity index is 2.16. The summed E-state index contributed by atoms with van der Waals surface area (Å²) in [6, 6.07) is 5.92. The van der Waals surface area contributed by atoms with E-state index in [0.29, 0.717) is 5.92 Å². The topological polar surface area (TPSA) is 24.9 Å². The van der Waals surface area contributed by atoms with Gasteiger partial charge in [0.25, 0.3) is 0 Å².